The third-order valence-corrected chi connectivity index (χ3v) is 6.36. The zero-order valence-electron chi connectivity index (χ0n) is 16.1. The van der Waals surface area contributed by atoms with Gasteiger partial charge in [0.05, 0.1) is 28.4 Å². The Morgan fingerprint density at radius 1 is 0.968 bits per heavy atom. The molecule has 1 unspecified atom stereocenters. The van der Waals surface area contributed by atoms with Gasteiger partial charge >= 0.3 is 6.18 Å². The summed E-state index contributed by atoms with van der Waals surface area (Å²) in [4.78, 5) is -0.00442. The van der Waals surface area contributed by atoms with Gasteiger partial charge in [-0.1, -0.05) is 36.4 Å². The summed E-state index contributed by atoms with van der Waals surface area (Å²) < 4.78 is 78.7. The molecule has 0 amide bonds. The van der Waals surface area contributed by atoms with E-state index in [1.165, 1.54) is 12.1 Å². The van der Waals surface area contributed by atoms with Gasteiger partial charge in [-0.15, -0.1) is 0 Å². The van der Waals surface area contributed by atoms with Crippen LogP contribution in [0.15, 0.2) is 83.8 Å². The van der Waals surface area contributed by atoms with Crippen molar-refractivity contribution in [1.29, 1.82) is 0 Å². The Balaban J connectivity index is 1.88. The average Bonchev–Trinajstić information content (AvgIpc) is 3.58. The van der Waals surface area contributed by atoms with Crippen molar-refractivity contribution in [1.82, 2.24) is 0 Å². The Morgan fingerprint density at radius 2 is 1.58 bits per heavy atom. The second-order valence-electron chi connectivity index (χ2n) is 6.86. The smallest absolute Gasteiger partial charge is 0.416 e. The summed E-state index contributed by atoms with van der Waals surface area (Å²) in [6, 6.07) is 18.6. The predicted octanol–water partition coefficient (Wildman–Crippen LogP) is 5.01. The number of rotatable bonds is 7. The summed E-state index contributed by atoms with van der Waals surface area (Å²) in [7, 11) is -4.16. The van der Waals surface area contributed by atoms with Crippen LogP contribution >= 0.6 is 0 Å². The first kappa shape index (κ1) is 21.2. The lowest BCUT2D eigenvalue weighted by Crippen LogP contribution is -2.27. The van der Waals surface area contributed by atoms with Crippen LogP contribution in [0.3, 0.4) is 0 Å². The highest BCUT2D eigenvalue weighted by molar-refractivity contribution is 7.93. The van der Waals surface area contributed by atoms with Gasteiger partial charge in [-0.3, -0.25) is 0 Å². The number of nitrogens with zero attached hydrogens (tertiary/aromatic N) is 1. The molecule has 1 fully saturated rings. The van der Waals surface area contributed by atoms with Crippen molar-refractivity contribution < 1.29 is 31.1 Å². The van der Waals surface area contributed by atoms with Crippen molar-refractivity contribution in [3.8, 4) is 5.75 Å². The van der Waals surface area contributed by atoms with Gasteiger partial charge in [0.15, 0.2) is 0 Å². The molecule has 0 saturated carbocycles. The quantitative estimate of drug-likeness (QED) is 0.476. The molecule has 5 nitrogen and oxygen atoms in total. The largest absolute Gasteiger partial charge is 0.489 e. The Labute approximate surface area is 177 Å². The molecule has 9 heteroatoms. The molecule has 0 spiro atoms. The van der Waals surface area contributed by atoms with E-state index >= 15 is 0 Å². The van der Waals surface area contributed by atoms with E-state index in [0.29, 0.717) is 6.61 Å². The van der Waals surface area contributed by atoms with E-state index in [2.05, 4.69) is 0 Å². The predicted molar refractivity (Wildman–Crippen MR) is 109 cm³/mol. The van der Waals surface area contributed by atoms with Crippen LogP contribution in [-0.4, -0.2) is 27.7 Å². The number of anilines is 2. The molecule has 31 heavy (non-hydrogen) atoms. The van der Waals surface area contributed by atoms with Gasteiger partial charge in [-0.05, 0) is 42.5 Å². The molecule has 1 aliphatic rings. The fraction of sp³-hybridized carbons (Fsp3) is 0.182. The van der Waals surface area contributed by atoms with Gasteiger partial charge in [0.1, 0.15) is 18.5 Å². The Hall–Kier alpha value is -3.04. The normalized spacial score (nSPS) is 16.0. The van der Waals surface area contributed by atoms with Crippen LogP contribution in [0.1, 0.15) is 5.56 Å². The Kier molecular flexibility index (Phi) is 5.63. The molecule has 1 aliphatic heterocycles. The van der Waals surface area contributed by atoms with Gasteiger partial charge in [0, 0.05) is 0 Å². The van der Waals surface area contributed by atoms with Gasteiger partial charge in [0.2, 0.25) is 0 Å². The van der Waals surface area contributed by atoms with Crippen LogP contribution in [-0.2, 0) is 20.9 Å². The molecule has 0 N–H and O–H groups in total. The fourth-order valence-corrected chi connectivity index (χ4v) is 4.51. The molecule has 3 aromatic rings. The Morgan fingerprint density at radius 3 is 2.16 bits per heavy atom. The topological polar surface area (TPSA) is 59.1 Å². The second-order valence-corrected chi connectivity index (χ2v) is 8.65. The van der Waals surface area contributed by atoms with E-state index in [4.69, 9.17) is 9.47 Å². The third kappa shape index (κ3) is 4.67. The minimum atomic E-state index is -4.61. The maximum Gasteiger partial charge on any atom is 0.416 e. The number of para-hydroxylation sites is 1. The van der Waals surface area contributed by atoms with Gasteiger partial charge in [0.25, 0.3) is 10.0 Å². The number of hydrogen-bond acceptors (Lipinski definition) is 4. The molecule has 162 valence electrons. The number of halogens is 3. The number of sulfonamides is 1. The zero-order valence-corrected chi connectivity index (χ0v) is 16.9. The van der Waals surface area contributed by atoms with E-state index in [9.17, 15) is 21.6 Å². The molecule has 0 bridgehead atoms. The molecule has 1 saturated heterocycles. The number of epoxide rings is 1. The van der Waals surface area contributed by atoms with E-state index in [1.807, 2.05) is 0 Å². The summed E-state index contributed by atoms with van der Waals surface area (Å²) in [5, 5.41) is 0. The summed E-state index contributed by atoms with van der Waals surface area (Å²) in [6.45, 7) is 0.460. The van der Waals surface area contributed by atoms with E-state index in [0.717, 1.165) is 22.5 Å². The van der Waals surface area contributed by atoms with E-state index < -0.39 is 21.8 Å². The standard InChI is InChI=1S/C22H18F3NO4S/c23-22(24,25)16-11-12-20(21(13-16)30-15-18-14-29-18)26(17-7-3-1-4-8-17)31(27,28)19-9-5-2-6-10-19/h1-13,18H,14-15H2. The lowest BCUT2D eigenvalue weighted by Gasteiger charge is -2.27. The van der Waals surface area contributed by atoms with Crippen LogP contribution in [0.2, 0.25) is 0 Å². The van der Waals surface area contributed by atoms with Crippen LogP contribution < -0.4 is 9.04 Å². The highest BCUT2D eigenvalue weighted by atomic mass is 32.2. The van der Waals surface area contributed by atoms with Crippen molar-refractivity contribution >= 4 is 21.4 Å². The highest BCUT2D eigenvalue weighted by Crippen LogP contribution is 2.42. The summed E-state index contributed by atoms with van der Waals surface area (Å²) >= 11 is 0. The molecule has 4 rings (SSSR count). The summed E-state index contributed by atoms with van der Waals surface area (Å²) in [5.74, 6) is -0.200. The number of alkyl halides is 3. The summed E-state index contributed by atoms with van der Waals surface area (Å²) in [6.07, 6.45) is -4.83. The van der Waals surface area contributed by atoms with Crippen LogP contribution in [0.4, 0.5) is 24.5 Å². The number of hydrogen-bond donors (Lipinski definition) is 0. The van der Waals surface area contributed by atoms with Crippen LogP contribution in [0.5, 0.6) is 5.75 Å². The molecule has 0 radical (unpaired) electrons. The molecule has 0 aliphatic carbocycles. The Bertz CT molecular complexity index is 1150. The van der Waals surface area contributed by atoms with Gasteiger partial charge in [-0.25, -0.2) is 12.7 Å². The zero-order chi connectivity index (χ0) is 22.1. The molecular formula is C22H18F3NO4S. The maximum absolute atomic E-state index is 13.5. The fourth-order valence-electron chi connectivity index (χ4n) is 2.99. The van der Waals surface area contributed by atoms with Crippen molar-refractivity contribution in [3.63, 3.8) is 0 Å². The van der Waals surface area contributed by atoms with E-state index in [-0.39, 0.29) is 34.7 Å². The maximum atomic E-state index is 13.5. The third-order valence-electron chi connectivity index (χ3n) is 4.61. The molecule has 3 aromatic carbocycles. The molecule has 1 atom stereocenters. The van der Waals surface area contributed by atoms with Crippen molar-refractivity contribution in [3.05, 3.63) is 84.4 Å². The molecular weight excluding hydrogens is 431 g/mol. The molecule has 1 heterocycles. The SMILES string of the molecule is O=S(=O)(c1ccccc1)N(c1ccccc1)c1ccc(C(F)(F)F)cc1OCC1CO1. The van der Waals surface area contributed by atoms with E-state index in [1.54, 1.807) is 48.5 Å². The minimum absolute atomic E-state index is 0.00442. The van der Waals surface area contributed by atoms with Crippen molar-refractivity contribution in [2.24, 2.45) is 0 Å². The first-order valence-electron chi connectivity index (χ1n) is 9.38. The van der Waals surface area contributed by atoms with Crippen molar-refractivity contribution in [2.45, 2.75) is 17.2 Å². The summed E-state index contributed by atoms with van der Waals surface area (Å²) in [5.41, 5.74) is -0.699. The van der Waals surface area contributed by atoms with Crippen LogP contribution in [0.25, 0.3) is 0 Å². The highest BCUT2D eigenvalue weighted by Gasteiger charge is 2.35. The number of benzene rings is 3. The lowest BCUT2D eigenvalue weighted by molar-refractivity contribution is -0.137. The minimum Gasteiger partial charge on any atom is -0.489 e. The second kappa shape index (κ2) is 8.24. The average molecular weight is 449 g/mol. The monoisotopic (exact) mass is 449 g/mol. The van der Waals surface area contributed by atoms with Gasteiger partial charge in [-0.2, -0.15) is 13.2 Å². The van der Waals surface area contributed by atoms with Crippen molar-refractivity contribution in [2.75, 3.05) is 17.5 Å². The molecule has 0 aromatic heterocycles. The first-order valence-corrected chi connectivity index (χ1v) is 10.8. The lowest BCUT2D eigenvalue weighted by atomic mass is 10.1. The van der Waals surface area contributed by atoms with Crippen LogP contribution in [0, 0.1) is 0 Å². The van der Waals surface area contributed by atoms with Gasteiger partial charge < -0.3 is 9.47 Å². The first-order chi connectivity index (χ1) is 14.8. The number of ether oxygens (including phenoxy) is 2.